The smallest absolute Gasteiger partial charge is 0.104 e. The molecule has 174 valence electrons. The average Bonchev–Trinajstić information content (AvgIpc) is 2.63. The lowest BCUT2D eigenvalue weighted by atomic mass is 10.1. The molecule has 0 amide bonds. The third kappa shape index (κ3) is 18.4. The zero-order valence-corrected chi connectivity index (χ0v) is 22.9. The molecule has 0 aliphatic rings. The largest absolute Gasteiger partial charge is 1.00 e. The van der Waals surface area contributed by atoms with E-state index in [1.54, 1.807) is 0 Å². The van der Waals surface area contributed by atoms with Gasteiger partial charge in [-0.25, -0.2) is 0 Å². The summed E-state index contributed by atoms with van der Waals surface area (Å²) in [7, 11) is 6.64. The van der Waals surface area contributed by atoms with Crippen LogP contribution in [0.25, 0.3) is 0 Å². The fourth-order valence-corrected chi connectivity index (χ4v) is 3.69. The fraction of sp³-hybridized carbons (Fsp3) is 0.760. The number of hydrogen-bond donors (Lipinski definition) is 0. The molecule has 1 aromatic rings. The van der Waals surface area contributed by atoms with Gasteiger partial charge in [0, 0.05) is 5.56 Å². The molecule has 0 N–H and O–H groups in total. The summed E-state index contributed by atoms with van der Waals surface area (Å²) in [6.45, 7) is 15.7. The Morgan fingerprint density at radius 1 is 0.621 bits per heavy atom. The minimum Gasteiger partial charge on any atom is -1.00 e. The number of benzene rings is 1. The number of quaternary nitrogens is 2. The topological polar surface area (TPSA) is 0 Å². The minimum absolute atomic E-state index is 0. The minimum atomic E-state index is 0. The van der Waals surface area contributed by atoms with Crippen molar-refractivity contribution in [3.8, 4) is 0 Å². The molecule has 2 nitrogen and oxygen atoms in total. The standard InChI is InChI=1S/C19H34N.C6H16N.BrH.ClH/c1-4-7-15-20(16-8-5-2,17-9-6-3)18-19-13-11-10-12-14-19;1-5-6-7(2,3)4;;/h10-14H,4-9,15-18H2,1-3H3;5-6H2,1-4H3;2*1H/q2*+1;;/p-2. The second-order valence-electron chi connectivity index (χ2n) is 9.23. The average molecular weight is 494 g/mol. The summed E-state index contributed by atoms with van der Waals surface area (Å²) in [5.41, 5.74) is 1.51. The van der Waals surface area contributed by atoms with Crippen molar-refractivity contribution in [2.45, 2.75) is 79.2 Å². The molecule has 29 heavy (non-hydrogen) atoms. The van der Waals surface area contributed by atoms with Gasteiger partial charge in [0.2, 0.25) is 0 Å². The van der Waals surface area contributed by atoms with E-state index >= 15 is 0 Å². The third-order valence-corrected chi connectivity index (χ3v) is 5.21. The second kappa shape index (κ2) is 19.8. The third-order valence-electron chi connectivity index (χ3n) is 5.21. The molecule has 0 radical (unpaired) electrons. The van der Waals surface area contributed by atoms with Crippen molar-refractivity contribution < 1.29 is 38.4 Å². The Kier molecular flexibility index (Phi) is 23.0. The molecule has 0 fully saturated rings. The number of nitrogens with zero attached hydrogens (tertiary/aromatic N) is 2. The van der Waals surface area contributed by atoms with Gasteiger partial charge in [-0.3, -0.25) is 0 Å². The Bertz CT molecular complexity index is 424. The molecule has 4 heteroatoms. The number of hydrogen-bond acceptors (Lipinski definition) is 0. The van der Waals surface area contributed by atoms with Crippen molar-refractivity contribution in [2.75, 3.05) is 47.3 Å². The molecule has 0 bridgehead atoms. The van der Waals surface area contributed by atoms with E-state index in [-0.39, 0.29) is 29.4 Å². The van der Waals surface area contributed by atoms with Gasteiger partial charge < -0.3 is 38.4 Å². The zero-order valence-electron chi connectivity index (χ0n) is 20.5. The number of unbranched alkanes of at least 4 members (excludes halogenated alkanes) is 3. The second-order valence-corrected chi connectivity index (χ2v) is 9.23. The van der Waals surface area contributed by atoms with E-state index in [2.05, 4.69) is 79.2 Å². The summed E-state index contributed by atoms with van der Waals surface area (Å²) in [6.07, 6.45) is 9.30. The predicted molar refractivity (Wildman–Crippen MR) is 123 cm³/mol. The van der Waals surface area contributed by atoms with Crippen molar-refractivity contribution in [3.05, 3.63) is 35.9 Å². The van der Waals surface area contributed by atoms with Crippen LogP contribution in [0.3, 0.4) is 0 Å². The van der Waals surface area contributed by atoms with E-state index < -0.39 is 0 Å². The Morgan fingerprint density at radius 3 is 1.31 bits per heavy atom. The van der Waals surface area contributed by atoms with Crippen molar-refractivity contribution in [1.82, 2.24) is 0 Å². The van der Waals surface area contributed by atoms with Gasteiger partial charge in [0.25, 0.3) is 0 Å². The van der Waals surface area contributed by atoms with Gasteiger partial charge in [-0.05, 0) is 25.7 Å². The first kappa shape index (κ1) is 33.5. The molecule has 0 saturated carbocycles. The van der Waals surface area contributed by atoms with Crippen molar-refractivity contribution in [1.29, 1.82) is 0 Å². The van der Waals surface area contributed by atoms with Gasteiger partial charge in [0.15, 0.2) is 0 Å². The van der Waals surface area contributed by atoms with E-state index in [1.807, 2.05) is 0 Å². The highest BCUT2D eigenvalue weighted by atomic mass is 79.9. The monoisotopic (exact) mass is 492 g/mol. The Labute approximate surface area is 200 Å². The van der Waals surface area contributed by atoms with Crippen LogP contribution in [0, 0.1) is 0 Å². The van der Waals surface area contributed by atoms with Crippen LogP contribution in [0.2, 0.25) is 0 Å². The number of rotatable bonds is 13. The fourth-order valence-electron chi connectivity index (χ4n) is 3.69. The first-order valence-corrected chi connectivity index (χ1v) is 11.5. The van der Waals surface area contributed by atoms with Gasteiger partial charge in [0.05, 0.1) is 47.3 Å². The maximum absolute atomic E-state index is 2.32. The molecule has 0 aromatic heterocycles. The highest BCUT2D eigenvalue weighted by molar-refractivity contribution is 5.13. The normalized spacial score (nSPS) is 11.0. The van der Waals surface area contributed by atoms with E-state index in [1.165, 1.54) is 87.7 Å². The molecular weight excluding hydrogens is 444 g/mol. The summed E-state index contributed by atoms with van der Waals surface area (Å²) in [5, 5.41) is 0. The SMILES string of the molecule is CCCC[N+](CCCC)(CCCC)Cc1ccccc1.CCC[N+](C)(C)C.[Br-].[Cl-]. The summed E-state index contributed by atoms with van der Waals surface area (Å²) in [6, 6.07) is 11.1. The first-order chi connectivity index (χ1) is 12.8. The summed E-state index contributed by atoms with van der Waals surface area (Å²) < 4.78 is 2.40. The molecule has 1 aromatic carbocycles. The van der Waals surface area contributed by atoms with Crippen LogP contribution >= 0.6 is 0 Å². The van der Waals surface area contributed by atoms with Crippen LogP contribution < -0.4 is 29.4 Å². The summed E-state index contributed by atoms with van der Waals surface area (Å²) in [4.78, 5) is 0. The Morgan fingerprint density at radius 2 is 1.03 bits per heavy atom. The lowest BCUT2D eigenvalue weighted by Crippen LogP contribution is -3.00. The highest BCUT2D eigenvalue weighted by Crippen LogP contribution is 2.19. The van der Waals surface area contributed by atoms with E-state index in [9.17, 15) is 0 Å². The van der Waals surface area contributed by atoms with E-state index in [0.29, 0.717) is 0 Å². The highest BCUT2D eigenvalue weighted by Gasteiger charge is 2.26. The molecular formula is C25H50BrClN2. The van der Waals surface area contributed by atoms with Crippen LogP contribution in [-0.4, -0.2) is 56.3 Å². The van der Waals surface area contributed by atoms with Crippen LogP contribution in [-0.2, 0) is 6.54 Å². The van der Waals surface area contributed by atoms with E-state index in [4.69, 9.17) is 0 Å². The maximum atomic E-state index is 2.32. The van der Waals surface area contributed by atoms with Crippen molar-refractivity contribution in [2.24, 2.45) is 0 Å². The summed E-state index contributed by atoms with van der Waals surface area (Å²) in [5.74, 6) is 0. The van der Waals surface area contributed by atoms with Crippen LogP contribution in [0.4, 0.5) is 0 Å². The first-order valence-electron chi connectivity index (χ1n) is 11.5. The van der Waals surface area contributed by atoms with Gasteiger partial charge >= 0.3 is 0 Å². The molecule has 0 aliphatic heterocycles. The Balaban J connectivity index is -0.000000649. The number of halogens is 2. The van der Waals surface area contributed by atoms with Crippen LogP contribution in [0.1, 0.15) is 78.2 Å². The van der Waals surface area contributed by atoms with Crippen LogP contribution in [0.15, 0.2) is 30.3 Å². The molecule has 0 spiro atoms. The maximum Gasteiger partial charge on any atom is 0.104 e. The van der Waals surface area contributed by atoms with Gasteiger partial charge in [-0.15, -0.1) is 0 Å². The van der Waals surface area contributed by atoms with Crippen molar-refractivity contribution in [3.63, 3.8) is 0 Å². The Hall–Kier alpha value is -0.0900. The van der Waals surface area contributed by atoms with Crippen molar-refractivity contribution >= 4 is 0 Å². The van der Waals surface area contributed by atoms with Crippen LogP contribution in [0.5, 0.6) is 0 Å². The predicted octanol–water partition coefficient (Wildman–Crippen LogP) is 0.514. The molecule has 0 atom stereocenters. The van der Waals surface area contributed by atoms with Gasteiger partial charge in [-0.1, -0.05) is 77.3 Å². The zero-order chi connectivity index (χ0) is 20.6. The molecule has 0 saturated heterocycles. The lowest BCUT2D eigenvalue weighted by molar-refractivity contribution is -0.941. The quantitative estimate of drug-likeness (QED) is 0.351. The molecule has 0 unspecified atom stereocenters. The molecule has 0 aliphatic carbocycles. The lowest BCUT2D eigenvalue weighted by Gasteiger charge is -2.39. The van der Waals surface area contributed by atoms with Gasteiger partial charge in [0.1, 0.15) is 6.54 Å². The molecule has 1 rings (SSSR count). The van der Waals surface area contributed by atoms with E-state index in [0.717, 1.165) is 4.48 Å². The summed E-state index contributed by atoms with van der Waals surface area (Å²) >= 11 is 0. The van der Waals surface area contributed by atoms with Gasteiger partial charge in [-0.2, -0.15) is 0 Å². The molecule has 0 heterocycles.